The summed E-state index contributed by atoms with van der Waals surface area (Å²) in [4.78, 5) is 28.7. The molecule has 1 aromatic heterocycles. The van der Waals surface area contributed by atoms with E-state index in [1.165, 1.54) is 30.4 Å². The van der Waals surface area contributed by atoms with Gasteiger partial charge in [0.05, 0.1) is 4.47 Å². The van der Waals surface area contributed by atoms with E-state index < -0.39 is 17.8 Å². The van der Waals surface area contributed by atoms with Crippen LogP contribution in [0.5, 0.6) is 0 Å². The minimum atomic E-state index is -0.909. The Bertz CT molecular complexity index is 1390. The number of hydrogen-bond donors (Lipinski definition) is 3. The van der Waals surface area contributed by atoms with Crippen LogP contribution in [0.3, 0.4) is 0 Å². The van der Waals surface area contributed by atoms with E-state index in [0.29, 0.717) is 28.6 Å². The van der Waals surface area contributed by atoms with Crippen molar-refractivity contribution in [2.45, 2.75) is 12.5 Å². The van der Waals surface area contributed by atoms with Crippen LogP contribution in [0.25, 0.3) is 17.0 Å². The molecule has 5 nitrogen and oxygen atoms in total. The van der Waals surface area contributed by atoms with Crippen LogP contribution in [0, 0.1) is 11.6 Å². The van der Waals surface area contributed by atoms with Crippen molar-refractivity contribution in [1.82, 2.24) is 15.6 Å². The summed E-state index contributed by atoms with van der Waals surface area (Å²) in [5.74, 6) is -1.56. The van der Waals surface area contributed by atoms with Crippen molar-refractivity contribution in [3.8, 4) is 0 Å². The SMILES string of the molecule is O=C(/C=C/c1ccc(F)c(Br)c1)NC(C(=O)NCCc1c[nH]c2ccc(F)cc12)c1ccccc1. The smallest absolute Gasteiger partial charge is 0.247 e. The van der Waals surface area contributed by atoms with Crippen molar-refractivity contribution in [1.29, 1.82) is 0 Å². The zero-order chi connectivity index (χ0) is 24.8. The number of hydrogen-bond acceptors (Lipinski definition) is 2. The molecule has 4 aromatic rings. The lowest BCUT2D eigenvalue weighted by molar-refractivity contribution is -0.127. The third-order valence-corrected chi connectivity index (χ3v) is 6.08. The monoisotopic (exact) mass is 537 g/mol. The zero-order valence-electron chi connectivity index (χ0n) is 18.5. The lowest BCUT2D eigenvalue weighted by Gasteiger charge is -2.18. The molecule has 8 heteroatoms. The van der Waals surface area contributed by atoms with Gasteiger partial charge in [0, 0.05) is 29.7 Å². The van der Waals surface area contributed by atoms with Crippen LogP contribution in [-0.4, -0.2) is 23.3 Å². The predicted octanol–water partition coefficient (Wildman–Crippen LogP) is 5.44. The first-order valence-electron chi connectivity index (χ1n) is 10.9. The van der Waals surface area contributed by atoms with Crippen molar-refractivity contribution in [2.75, 3.05) is 6.54 Å². The summed E-state index contributed by atoms with van der Waals surface area (Å²) in [5.41, 5.74) is 2.96. The van der Waals surface area contributed by atoms with Gasteiger partial charge in [-0.25, -0.2) is 8.78 Å². The minimum Gasteiger partial charge on any atom is -0.361 e. The summed E-state index contributed by atoms with van der Waals surface area (Å²) >= 11 is 3.12. The van der Waals surface area contributed by atoms with E-state index in [1.807, 2.05) is 6.07 Å². The van der Waals surface area contributed by atoms with Gasteiger partial charge in [-0.3, -0.25) is 9.59 Å². The average Bonchev–Trinajstić information content (AvgIpc) is 3.25. The number of carbonyl (C=O) groups excluding carboxylic acids is 2. The second kappa shape index (κ2) is 11.1. The molecule has 2 amide bonds. The van der Waals surface area contributed by atoms with E-state index in [2.05, 4.69) is 31.5 Å². The Labute approximate surface area is 209 Å². The Morgan fingerprint density at radius 3 is 2.60 bits per heavy atom. The van der Waals surface area contributed by atoms with E-state index >= 15 is 0 Å². The lowest BCUT2D eigenvalue weighted by Crippen LogP contribution is -2.40. The summed E-state index contributed by atoms with van der Waals surface area (Å²) in [6.45, 7) is 0.306. The highest BCUT2D eigenvalue weighted by molar-refractivity contribution is 9.10. The van der Waals surface area contributed by atoms with Crippen LogP contribution in [0.2, 0.25) is 0 Å². The molecule has 4 rings (SSSR count). The number of carbonyl (C=O) groups is 2. The normalized spacial score (nSPS) is 12.1. The van der Waals surface area contributed by atoms with Gasteiger partial charge in [-0.15, -0.1) is 0 Å². The van der Waals surface area contributed by atoms with Gasteiger partial charge in [0.25, 0.3) is 0 Å². The highest BCUT2D eigenvalue weighted by Crippen LogP contribution is 2.20. The first-order valence-corrected chi connectivity index (χ1v) is 11.7. The van der Waals surface area contributed by atoms with Gasteiger partial charge >= 0.3 is 0 Å². The number of aromatic nitrogens is 1. The lowest BCUT2D eigenvalue weighted by atomic mass is 10.1. The molecule has 0 aliphatic rings. The number of rotatable bonds is 8. The molecule has 0 fully saturated rings. The molecule has 0 aliphatic carbocycles. The number of amides is 2. The Balaban J connectivity index is 1.42. The van der Waals surface area contributed by atoms with E-state index in [4.69, 9.17) is 0 Å². The molecule has 0 radical (unpaired) electrons. The molecule has 0 aliphatic heterocycles. The van der Waals surface area contributed by atoms with Crippen LogP contribution in [0.4, 0.5) is 8.78 Å². The minimum absolute atomic E-state index is 0.291. The van der Waals surface area contributed by atoms with Gasteiger partial charge in [0.1, 0.15) is 17.7 Å². The standard InChI is InChI=1S/C27H22BrF2N3O2/c28-22-14-17(6-9-23(22)30)7-11-25(34)33-26(18-4-2-1-3-5-18)27(35)31-13-12-19-16-32-24-10-8-20(29)15-21(19)24/h1-11,14-16,26,32H,12-13H2,(H,31,35)(H,33,34)/b11-7+. The Morgan fingerprint density at radius 1 is 1.03 bits per heavy atom. The molecule has 178 valence electrons. The molecule has 3 N–H and O–H groups in total. The van der Waals surface area contributed by atoms with Gasteiger partial charge in [-0.1, -0.05) is 36.4 Å². The number of aromatic amines is 1. The summed E-state index contributed by atoms with van der Waals surface area (Å²) in [6, 6.07) is 16.9. The van der Waals surface area contributed by atoms with Crippen LogP contribution < -0.4 is 10.6 Å². The number of benzene rings is 3. The molecule has 3 aromatic carbocycles. The number of H-pyrrole nitrogens is 1. The van der Waals surface area contributed by atoms with Crippen LogP contribution in [0.1, 0.15) is 22.7 Å². The van der Waals surface area contributed by atoms with E-state index in [9.17, 15) is 18.4 Å². The van der Waals surface area contributed by atoms with Crippen LogP contribution in [0.15, 0.2) is 83.5 Å². The van der Waals surface area contributed by atoms with E-state index in [1.54, 1.807) is 48.7 Å². The molecule has 0 spiro atoms. The summed E-state index contributed by atoms with van der Waals surface area (Å²) in [7, 11) is 0. The molecule has 0 bridgehead atoms. The largest absolute Gasteiger partial charge is 0.361 e. The molecular weight excluding hydrogens is 516 g/mol. The van der Waals surface area contributed by atoms with Crippen molar-refractivity contribution >= 4 is 44.7 Å². The predicted molar refractivity (Wildman–Crippen MR) is 135 cm³/mol. The molecule has 0 saturated heterocycles. The topological polar surface area (TPSA) is 74.0 Å². The van der Waals surface area contributed by atoms with Crippen LogP contribution in [-0.2, 0) is 16.0 Å². The Hall–Kier alpha value is -3.78. The van der Waals surface area contributed by atoms with Gasteiger partial charge in [-0.05, 0) is 75.4 Å². The van der Waals surface area contributed by atoms with Crippen molar-refractivity contribution in [3.05, 3.63) is 112 Å². The molecule has 1 unspecified atom stereocenters. The second-order valence-corrected chi connectivity index (χ2v) is 8.76. The van der Waals surface area contributed by atoms with Crippen molar-refractivity contribution in [3.63, 3.8) is 0 Å². The third-order valence-electron chi connectivity index (χ3n) is 5.48. The zero-order valence-corrected chi connectivity index (χ0v) is 20.1. The second-order valence-electron chi connectivity index (χ2n) is 7.90. The fourth-order valence-corrected chi connectivity index (χ4v) is 4.10. The van der Waals surface area contributed by atoms with Gasteiger partial charge in [0.2, 0.25) is 11.8 Å². The first-order chi connectivity index (χ1) is 16.9. The Morgan fingerprint density at radius 2 is 1.83 bits per heavy atom. The highest BCUT2D eigenvalue weighted by atomic mass is 79.9. The van der Waals surface area contributed by atoms with Gasteiger partial charge < -0.3 is 15.6 Å². The third kappa shape index (κ3) is 6.22. The number of nitrogens with one attached hydrogen (secondary N) is 3. The quantitative estimate of drug-likeness (QED) is 0.262. The van der Waals surface area contributed by atoms with E-state index in [-0.39, 0.29) is 11.7 Å². The molecular formula is C27H22BrF2N3O2. The Kier molecular flexibility index (Phi) is 7.72. The fourth-order valence-electron chi connectivity index (χ4n) is 3.70. The molecule has 0 saturated carbocycles. The number of fused-ring (bicyclic) bond motifs is 1. The number of halogens is 3. The summed E-state index contributed by atoms with van der Waals surface area (Å²) in [5, 5.41) is 6.36. The van der Waals surface area contributed by atoms with E-state index in [0.717, 1.165) is 16.5 Å². The molecule has 1 atom stereocenters. The van der Waals surface area contributed by atoms with Gasteiger partial charge in [0.15, 0.2) is 0 Å². The van der Waals surface area contributed by atoms with Crippen molar-refractivity contribution < 1.29 is 18.4 Å². The highest BCUT2D eigenvalue weighted by Gasteiger charge is 2.21. The van der Waals surface area contributed by atoms with Gasteiger partial charge in [-0.2, -0.15) is 0 Å². The fraction of sp³-hybridized carbons (Fsp3) is 0.111. The first kappa shape index (κ1) is 24.3. The average molecular weight is 538 g/mol. The summed E-state index contributed by atoms with van der Waals surface area (Å²) < 4.78 is 27.3. The molecule has 1 heterocycles. The maximum atomic E-state index is 13.6. The maximum absolute atomic E-state index is 13.6. The maximum Gasteiger partial charge on any atom is 0.247 e. The summed E-state index contributed by atoms with van der Waals surface area (Å²) in [6.07, 6.45) is 5.12. The van der Waals surface area contributed by atoms with Crippen LogP contribution >= 0.6 is 15.9 Å². The van der Waals surface area contributed by atoms with Crippen molar-refractivity contribution in [2.24, 2.45) is 0 Å². The molecule has 35 heavy (non-hydrogen) atoms.